The molecule has 5 rings (SSSR count). The lowest BCUT2D eigenvalue weighted by molar-refractivity contribution is 0.387. The fraction of sp³-hybridized carbons (Fsp3) is 0.292. The Morgan fingerprint density at radius 2 is 1.64 bits per heavy atom. The van der Waals surface area contributed by atoms with Crippen molar-refractivity contribution in [2.45, 2.75) is 48.9 Å². The second-order valence-electron chi connectivity index (χ2n) is 8.49. The number of fused-ring (bicyclic) bond motifs is 2. The van der Waals surface area contributed by atoms with E-state index < -0.39 is 10.0 Å². The Balaban J connectivity index is 1.26. The van der Waals surface area contributed by atoms with Gasteiger partial charge in [-0.25, -0.2) is 13.1 Å². The third-order valence-electron chi connectivity index (χ3n) is 6.21. The van der Waals surface area contributed by atoms with Gasteiger partial charge in [0.25, 0.3) is 10.0 Å². The molecule has 4 aromatic rings. The molecule has 0 bridgehead atoms. The first-order valence-electron chi connectivity index (χ1n) is 10.8. The van der Waals surface area contributed by atoms with Crippen LogP contribution in [0.3, 0.4) is 0 Å². The van der Waals surface area contributed by atoms with E-state index in [1.807, 2.05) is 43.3 Å². The van der Waals surface area contributed by atoms with Crippen LogP contribution in [0.4, 0.5) is 5.69 Å². The zero-order valence-electron chi connectivity index (χ0n) is 17.9. The number of nitrogens with zero attached hydrogens (tertiary/aromatic N) is 1. The Kier molecular flexibility index (Phi) is 6.27. The van der Waals surface area contributed by atoms with Crippen molar-refractivity contribution in [3.05, 3.63) is 64.3 Å². The van der Waals surface area contributed by atoms with Crippen molar-refractivity contribution in [3.8, 4) is 0 Å². The van der Waals surface area contributed by atoms with E-state index in [2.05, 4.69) is 15.0 Å². The maximum absolute atomic E-state index is 13.2. The molecule has 0 spiro atoms. The van der Waals surface area contributed by atoms with Gasteiger partial charge >= 0.3 is 0 Å². The molecule has 2 N–H and O–H groups in total. The van der Waals surface area contributed by atoms with Gasteiger partial charge in [0.15, 0.2) is 0 Å². The van der Waals surface area contributed by atoms with Crippen LogP contribution < -0.4 is 10.0 Å². The molecule has 1 saturated carbocycles. The van der Waals surface area contributed by atoms with Gasteiger partial charge in [0.2, 0.25) is 0 Å². The molecular weight excluding hydrogens is 497 g/mol. The second kappa shape index (κ2) is 9.04. The Morgan fingerprint density at radius 1 is 0.939 bits per heavy atom. The van der Waals surface area contributed by atoms with Gasteiger partial charge in [-0.2, -0.15) is 0 Å². The SMILES string of the molecule is Cc1c(S(=O)(=O)N[C@H]2CC[C@@H](Nc3ccnc4cc(Cl)ccc34)CC2)sc2ccc(Cl)cc12. The van der Waals surface area contributed by atoms with Crippen LogP contribution in [0.1, 0.15) is 31.2 Å². The summed E-state index contributed by atoms with van der Waals surface area (Å²) in [6.45, 7) is 1.84. The summed E-state index contributed by atoms with van der Waals surface area (Å²) in [4.78, 5) is 4.40. The van der Waals surface area contributed by atoms with Crippen LogP contribution in [0, 0.1) is 6.92 Å². The molecular formula is C24H23Cl2N3O2S2. The average Bonchev–Trinajstić information content (AvgIpc) is 3.12. The van der Waals surface area contributed by atoms with E-state index in [-0.39, 0.29) is 12.1 Å². The van der Waals surface area contributed by atoms with Crippen molar-refractivity contribution >= 4 is 71.2 Å². The predicted molar refractivity (Wildman–Crippen MR) is 138 cm³/mol. The lowest BCUT2D eigenvalue weighted by Gasteiger charge is -2.30. The van der Waals surface area contributed by atoms with Crippen LogP contribution in [-0.4, -0.2) is 25.5 Å². The number of hydrogen-bond donors (Lipinski definition) is 2. The largest absolute Gasteiger partial charge is 0.382 e. The van der Waals surface area contributed by atoms with E-state index in [0.717, 1.165) is 57.9 Å². The molecule has 2 aromatic heterocycles. The third kappa shape index (κ3) is 4.70. The zero-order valence-corrected chi connectivity index (χ0v) is 21.1. The van der Waals surface area contributed by atoms with Crippen LogP contribution in [-0.2, 0) is 10.0 Å². The summed E-state index contributed by atoms with van der Waals surface area (Å²) in [5.74, 6) is 0. The topological polar surface area (TPSA) is 71.1 Å². The van der Waals surface area contributed by atoms with Crippen LogP contribution in [0.5, 0.6) is 0 Å². The number of pyridine rings is 1. The minimum absolute atomic E-state index is 0.0748. The molecule has 9 heteroatoms. The molecule has 0 aliphatic heterocycles. The first-order chi connectivity index (χ1) is 15.8. The highest BCUT2D eigenvalue weighted by molar-refractivity contribution is 7.91. The van der Waals surface area contributed by atoms with Crippen molar-refractivity contribution < 1.29 is 8.42 Å². The highest BCUT2D eigenvalue weighted by atomic mass is 35.5. The van der Waals surface area contributed by atoms with Crippen LogP contribution in [0.15, 0.2) is 52.9 Å². The molecule has 5 nitrogen and oxygen atoms in total. The number of benzene rings is 2. The molecule has 0 saturated heterocycles. The van der Waals surface area contributed by atoms with E-state index in [9.17, 15) is 8.42 Å². The van der Waals surface area contributed by atoms with Crippen LogP contribution in [0.25, 0.3) is 21.0 Å². The van der Waals surface area contributed by atoms with Gasteiger partial charge in [-0.05, 0) is 86.0 Å². The molecule has 0 unspecified atom stereocenters. The minimum Gasteiger partial charge on any atom is -0.382 e. The quantitative estimate of drug-likeness (QED) is 0.305. The van der Waals surface area contributed by atoms with Crippen molar-refractivity contribution in [1.29, 1.82) is 0 Å². The molecule has 33 heavy (non-hydrogen) atoms. The first kappa shape index (κ1) is 22.9. The molecule has 2 heterocycles. The highest BCUT2D eigenvalue weighted by Crippen LogP contribution is 2.36. The fourth-order valence-electron chi connectivity index (χ4n) is 4.52. The van der Waals surface area contributed by atoms with Gasteiger partial charge in [-0.15, -0.1) is 11.3 Å². The van der Waals surface area contributed by atoms with E-state index in [0.29, 0.717) is 14.3 Å². The number of aromatic nitrogens is 1. The summed E-state index contributed by atoms with van der Waals surface area (Å²) in [6.07, 6.45) is 5.10. The molecule has 2 aromatic carbocycles. The number of hydrogen-bond acceptors (Lipinski definition) is 5. The fourth-order valence-corrected chi connectivity index (χ4v) is 7.93. The van der Waals surface area contributed by atoms with Crippen LogP contribution in [0.2, 0.25) is 10.0 Å². The standard InChI is InChI=1S/C24H23Cl2N3O2S2/c1-14-20-12-15(25)3-9-23(20)32-24(14)33(30,31)29-18-6-4-17(5-7-18)28-21-10-11-27-22-13-16(26)2-8-19(21)22/h2-3,8-13,17-18,29H,4-7H2,1H3,(H,27,28)/t17-,18+. The summed E-state index contributed by atoms with van der Waals surface area (Å²) < 4.78 is 30.6. The number of nitrogens with one attached hydrogen (secondary N) is 2. The number of rotatable bonds is 5. The maximum atomic E-state index is 13.2. The number of aryl methyl sites for hydroxylation is 1. The third-order valence-corrected chi connectivity index (χ3v) is 10.1. The Morgan fingerprint density at radius 3 is 2.42 bits per heavy atom. The molecule has 0 atom stereocenters. The zero-order chi connectivity index (χ0) is 23.2. The Bertz CT molecular complexity index is 1450. The van der Waals surface area contributed by atoms with Gasteiger partial charge in [-0.1, -0.05) is 23.2 Å². The van der Waals surface area contributed by atoms with Gasteiger partial charge in [0, 0.05) is 44.1 Å². The van der Waals surface area contributed by atoms with Crippen molar-refractivity contribution in [2.75, 3.05) is 5.32 Å². The summed E-state index contributed by atoms with van der Waals surface area (Å²) in [7, 11) is -3.59. The summed E-state index contributed by atoms with van der Waals surface area (Å²) in [5, 5.41) is 6.82. The Hall–Kier alpha value is -1.90. The molecule has 1 aliphatic rings. The lowest BCUT2D eigenvalue weighted by atomic mass is 9.91. The maximum Gasteiger partial charge on any atom is 0.250 e. The lowest BCUT2D eigenvalue weighted by Crippen LogP contribution is -2.40. The molecule has 1 aliphatic carbocycles. The van der Waals surface area contributed by atoms with E-state index >= 15 is 0 Å². The smallest absolute Gasteiger partial charge is 0.250 e. The molecule has 172 valence electrons. The van der Waals surface area contributed by atoms with Gasteiger partial charge in [0.1, 0.15) is 4.21 Å². The highest BCUT2D eigenvalue weighted by Gasteiger charge is 2.28. The van der Waals surface area contributed by atoms with E-state index in [1.54, 1.807) is 12.3 Å². The normalized spacial score (nSPS) is 19.2. The molecule has 0 amide bonds. The van der Waals surface area contributed by atoms with Gasteiger partial charge in [-0.3, -0.25) is 4.98 Å². The molecule has 1 fully saturated rings. The monoisotopic (exact) mass is 519 g/mol. The van der Waals surface area contributed by atoms with Crippen molar-refractivity contribution in [2.24, 2.45) is 0 Å². The predicted octanol–water partition coefficient (Wildman–Crippen LogP) is 6.77. The van der Waals surface area contributed by atoms with Gasteiger partial charge < -0.3 is 5.32 Å². The first-order valence-corrected chi connectivity index (χ1v) is 13.9. The number of thiophene rings is 1. The minimum atomic E-state index is -3.59. The van der Waals surface area contributed by atoms with Crippen molar-refractivity contribution in [1.82, 2.24) is 9.71 Å². The van der Waals surface area contributed by atoms with E-state index in [4.69, 9.17) is 23.2 Å². The average molecular weight is 521 g/mol. The number of halogens is 2. The summed E-state index contributed by atoms with van der Waals surface area (Å²) in [5.41, 5.74) is 2.64. The summed E-state index contributed by atoms with van der Waals surface area (Å²) in [6, 6.07) is 13.4. The number of sulfonamides is 1. The van der Waals surface area contributed by atoms with Gasteiger partial charge in [0.05, 0.1) is 5.52 Å². The summed E-state index contributed by atoms with van der Waals surface area (Å²) >= 11 is 13.5. The number of anilines is 1. The second-order valence-corrected chi connectivity index (χ2v) is 12.3. The van der Waals surface area contributed by atoms with Crippen LogP contribution >= 0.6 is 34.5 Å². The van der Waals surface area contributed by atoms with E-state index in [1.165, 1.54) is 11.3 Å². The van der Waals surface area contributed by atoms with Crippen molar-refractivity contribution in [3.63, 3.8) is 0 Å². The Labute approximate surface area is 207 Å². The molecule has 0 radical (unpaired) electrons.